The molecule has 6 nitrogen and oxygen atoms in total. The van der Waals surface area contributed by atoms with Crippen molar-refractivity contribution in [1.29, 1.82) is 0 Å². The SMILES string of the molecule is O=C1C[C@H](C(=O)N2CCN(C(=O)c3cccs3)CC2)CN1Cc1ccccc1. The van der Waals surface area contributed by atoms with Gasteiger partial charge >= 0.3 is 0 Å². The Morgan fingerprint density at radius 2 is 1.68 bits per heavy atom. The van der Waals surface area contributed by atoms with Gasteiger partial charge in [0.2, 0.25) is 11.8 Å². The Labute approximate surface area is 168 Å². The highest BCUT2D eigenvalue weighted by Crippen LogP contribution is 2.23. The van der Waals surface area contributed by atoms with Crippen LogP contribution in [-0.2, 0) is 16.1 Å². The predicted molar refractivity (Wildman–Crippen MR) is 107 cm³/mol. The van der Waals surface area contributed by atoms with Crippen LogP contribution in [0.4, 0.5) is 0 Å². The molecular weight excluding hydrogens is 374 g/mol. The Morgan fingerprint density at radius 1 is 0.964 bits per heavy atom. The molecule has 1 aromatic heterocycles. The van der Waals surface area contributed by atoms with Crippen molar-refractivity contribution in [2.75, 3.05) is 32.7 Å². The van der Waals surface area contributed by atoms with Crippen molar-refractivity contribution in [2.24, 2.45) is 5.92 Å². The van der Waals surface area contributed by atoms with Gasteiger partial charge in [-0.3, -0.25) is 14.4 Å². The summed E-state index contributed by atoms with van der Waals surface area (Å²) < 4.78 is 0. The van der Waals surface area contributed by atoms with Crippen molar-refractivity contribution < 1.29 is 14.4 Å². The molecule has 0 N–H and O–H groups in total. The maximum absolute atomic E-state index is 12.9. The van der Waals surface area contributed by atoms with E-state index in [-0.39, 0.29) is 30.1 Å². The smallest absolute Gasteiger partial charge is 0.264 e. The van der Waals surface area contributed by atoms with Gasteiger partial charge in [-0.2, -0.15) is 0 Å². The topological polar surface area (TPSA) is 60.9 Å². The van der Waals surface area contributed by atoms with Crippen LogP contribution < -0.4 is 0 Å². The van der Waals surface area contributed by atoms with Gasteiger partial charge in [-0.15, -0.1) is 11.3 Å². The number of benzene rings is 1. The molecule has 28 heavy (non-hydrogen) atoms. The van der Waals surface area contributed by atoms with Gasteiger partial charge in [0.1, 0.15) is 0 Å². The first-order valence-corrected chi connectivity index (χ1v) is 10.4. The van der Waals surface area contributed by atoms with Crippen molar-refractivity contribution in [2.45, 2.75) is 13.0 Å². The van der Waals surface area contributed by atoms with Crippen LogP contribution in [0.5, 0.6) is 0 Å². The summed E-state index contributed by atoms with van der Waals surface area (Å²) in [6.45, 7) is 3.15. The Balaban J connectivity index is 1.31. The molecule has 2 fully saturated rings. The van der Waals surface area contributed by atoms with Gasteiger partial charge in [-0.1, -0.05) is 36.4 Å². The Bertz CT molecular complexity index is 845. The second-order valence-corrected chi connectivity index (χ2v) is 8.20. The maximum atomic E-state index is 12.9. The van der Waals surface area contributed by atoms with E-state index >= 15 is 0 Å². The van der Waals surface area contributed by atoms with Gasteiger partial charge in [0.15, 0.2) is 0 Å². The Morgan fingerprint density at radius 3 is 2.36 bits per heavy atom. The number of piperazine rings is 1. The van der Waals surface area contributed by atoms with Crippen molar-refractivity contribution in [3.05, 3.63) is 58.3 Å². The van der Waals surface area contributed by atoms with Crippen molar-refractivity contribution in [1.82, 2.24) is 14.7 Å². The van der Waals surface area contributed by atoms with E-state index in [9.17, 15) is 14.4 Å². The van der Waals surface area contributed by atoms with Gasteiger partial charge in [-0.25, -0.2) is 0 Å². The number of carbonyl (C=O) groups is 3. The monoisotopic (exact) mass is 397 g/mol. The van der Waals surface area contributed by atoms with E-state index in [0.29, 0.717) is 39.3 Å². The number of amides is 3. The number of hydrogen-bond donors (Lipinski definition) is 0. The highest BCUT2D eigenvalue weighted by molar-refractivity contribution is 7.12. The standard InChI is InChI=1S/C21H23N3O3S/c25-19-13-17(15-24(19)14-16-5-2-1-3-6-16)20(26)22-8-10-23(11-9-22)21(27)18-7-4-12-28-18/h1-7,12,17H,8-11,13-15H2/t17-/m0/s1. The van der Waals surface area contributed by atoms with Crippen LogP contribution in [0.1, 0.15) is 21.7 Å². The van der Waals surface area contributed by atoms with E-state index in [4.69, 9.17) is 0 Å². The van der Waals surface area contributed by atoms with Crippen LogP contribution in [0, 0.1) is 5.92 Å². The van der Waals surface area contributed by atoms with Gasteiger partial charge in [0.05, 0.1) is 10.8 Å². The average molecular weight is 398 g/mol. The molecule has 0 unspecified atom stereocenters. The molecule has 3 amide bonds. The zero-order chi connectivity index (χ0) is 19.5. The predicted octanol–water partition coefficient (Wildman–Crippen LogP) is 2.08. The second-order valence-electron chi connectivity index (χ2n) is 7.26. The van der Waals surface area contributed by atoms with Crippen LogP contribution in [0.15, 0.2) is 47.8 Å². The minimum absolute atomic E-state index is 0.0344. The van der Waals surface area contributed by atoms with Gasteiger partial charge in [0.25, 0.3) is 5.91 Å². The molecule has 0 radical (unpaired) electrons. The third kappa shape index (κ3) is 3.94. The lowest BCUT2D eigenvalue weighted by atomic mass is 10.1. The summed E-state index contributed by atoms with van der Waals surface area (Å²) in [5.41, 5.74) is 1.07. The highest BCUT2D eigenvalue weighted by atomic mass is 32.1. The lowest BCUT2D eigenvalue weighted by Gasteiger charge is -2.35. The molecule has 7 heteroatoms. The lowest BCUT2D eigenvalue weighted by Crippen LogP contribution is -2.52. The Hall–Kier alpha value is -2.67. The van der Waals surface area contributed by atoms with Gasteiger partial charge in [0, 0.05) is 45.7 Å². The van der Waals surface area contributed by atoms with E-state index in [2.05, 4.69) is 0 Å². The molecule has 0 bridgehead atoms. The van der Waals surface area contributed by atoms with E-state index < -0.39 is 0 Å². The summed E-state index contributed by atoms with van der Waals surface area (Å²) in [7, 11) is 0. The van der Waals surface area contributed by atoms with Crippen molar-refractivity contribution in [3.63, 3.8) is 0 Å². The molecule has 0 saturated carbocycles. The molecule has 146 valence electrons. The normalized spacial score (nSPS) is 19.9. The Kier molecular flexibility index (Phi) is 5.43. The lowest BCUT2D eigenvalue weighted by molar-refractivity contribution is -0.137. The minimum Gasteiger partial charge on any atom is -0.339 e. The first-order valence-electron chi connectivity index (χ1n) is 9.55. The number of likely N-dealkylation sites (tertiary alicyclic amines) is 1. The van der Waals surface area contributed by atoms with E-state index in [1.165, 1.54) is 11.3 Å². The van der Waals surface area contributed by atoms with Crippen LogP contribution in [0.3, 0.4) is 0 Å². The number of hydrogen-bond acceptors (Lipinski definition) is 4. The van der Waals surface area contributed by atoms with Crippen molar-refractivity contribution in [3.8, 4) is 0 Å². The summed E-state index contributed by atoms with van der Waals surface area (Å²) in [5, 5.41) is 1.89. The van der Waals surface area contributed by atoms with Crippen molar-refractivity contribution >= 4 is 29.1 Å². The summed E-state index contributed by atoms with van der Waals surface area (Å²) >= 11 is 1.44. The minimum atomic E-state index is -0.282. The molecule has 2 aliphatic rings. The average Bonchev–Trinajstić information content (AvgIpc) is 3.38. The van der Waals surface area contributed by atoms with E-state index in [1.54, 1.807) is 9.80 Å². The van der Waals surface area contributed by atoms with Crippen LogP contribution >= 0.6 is 11.3 Å². The number of nitrogens with zero attached hydrogens (tertiary/aromatic N) is 3. The zero-order valence-corrected chi connectivity index (χ0v) is 16.4. The molecule has 1 aromatic carbocycles. The summed E-state index contributed by atoms with van der Waals surface area (Å²) in [4.78, 5) is 43.8. The van der Waals surface area contributed by atoms with Crippen LogP contribution in [-0.4, -0.2) is 65.1 Å². The molecule has 2 aromatic rings. The number of thiophene rings is 1. The molecule has 2 aliphatic heterocycles. The largest absolute Gasteiger partial charge is 0.339 e. The zero-order valence-electron chi connectivity index (χ0n) is 15.6. The fourth-order valence-electron chi connectivity index (χ4n) is 3.84. The molecular formula is C21H23N3O3S. The van der Waals surface area contributed by atoms with E-state index in [1.807, 2.05) is 52.7 Å². The highest BCUT2D eigenvalue weighted by Gasteiger charge is 2.37. The van der Waals surface area contributed by atoms with Gasteiger partial charge < -0.3 is 14.7 Å². The summed E-state index contributed by atoms with van der Waals surface area (Å²) in [6.07, 6.45) is 0.278. The first kappa shape index (κ1) is 18.7. The summed E-state index contributed by atoms with van der Waals surface area (Å²) in [6, 6.07) is 13.5. The number of carbonyl (C=O) groups excluding carboxylic acids is 3. The fourth-order valence-corrected chi connectivity index (χ4v) is 4.53. The maximum Gasteiger partial charge on any atom is 0.264 e. The van der Waals surface area contributed by atoms with Crippen LogP contribution in [0.25, 0.3) is 0 Å². The third-order valence-electron chi connectivity index (χ3n) is 5.39. The molecule has 1 atom stereocenters. The van der Waals surface area contributed by atoms with Gasteiger partial charge in [-0.05, 0) is 17.0 Å². The number of rotatable bonds is 4. The molecule has 0 aliphatic carbocycles. The summed E-state index contributed by atoms with van der Waals surface area (Å²) in [5.74, 6) is -0.177. The fraction of sp³-hybridized carbons (Fsp3) is 0.381. The quantitative estimate of drug-likeness (QED) is 0.794. The molecule has 0 spiro atoms. The molecule has 4 rings (SSSR count). The third-order valence-corrected chi connectivity index (χ3v) is 6.25. The van der Waals surface area contributed by atoms with E-state index in [0.717, 1.165) is 10.4 Å². The first-order chi connectivity index (χ1) is 13.6. The second kappa shape index (κ2) is 8.14. The van der Waals surface area contributed by atoms with Crippen LogP contribution in [0.2, 0.25) is 0 Å². The molecule has 2 saturated heterocycles. The molecule has 3 heterocycles.